The third kappa shape index (κ3) is 3.17. The molecule has 22 heavy (non-hydrogen) atoms. The first-order valence-electron chi connectivity index (χ1n) is 7.35. The van der Waals surface area contributed by atoms with Crippen molar-refractivity contribution in [1.29, 1.82) is 0 Å². The van der Waals surface area contributed by atoms with Gasteiger partial charge in [0, 0.05) is 23.1 Å². The normalized spacial score (nSPS) is 11.2. The van der Waals surface area contributed by atoms with Crippen LogP contribution in [-0.2, 0) is 13.0 Å². The number of fused-ring (bicyclic) bond motifs is 1. The smallest absolute Gasteiger partial charge is 0.123 e. The van der Waals surface area contributed by atoms with Crippen LogP contribution in [0.5, 0.6) is 0 Å². The maximum atomic E-state index is 13.4. The Kier molecular flexibility index (Phi) is 4.20. The summed E-state index contributed by atoms with van der Waals surface area (Å²) in [7, 11) is 0. The molecule has 1 aromatic heterocycles. The van der Waals surface area contributed by atoms with Crippen molar-refractivity contribution in [2.75, 3.05) is 6.54 Å². The van der Waals surface area contributed by atoms with Gasteiger partial charge in [-0.3, -0.25) is 0 Å². The Bertz CT molecular complexity index is 793. The van der Waals surface area contributed by atoms with Gasteiger partial charge < -0.3 is 10.3 Å². The van der Waals surface area contributed by atoms with Gasteiger partial charge in [0.15, 0.2) is 0 Å². The van der Waals surface area contributed by atoms with E-state index < -0.39 is 0 Å². The van der Waals surface area contributed by atoms with Gasteiger partial charge in [-0.05, 0) is 61.3 Å². The number of benzene rings is 2. The molecule has 0 saturated heterocycles. The van der Waals surface area contributed by atoms with E-state index in [1.807, 2.05) is 13.0 Å². The van der Waals surface area contributed by atoms with Crippen molar-refractivity contribution in [3.05, 3.63) is 70.9 Å². The van der Waals surface area contributed by atoms with E-state index in [9.17, 15) is 8.78 Å². The van der Waals surface area contributed by atoms with Crippen molar-refractivity contribution in [2.45, 2.75) is 19.9 Å². The predicted molar refractivity (Wildman–Crippen MR) is 84.8 cm³/mol. The Morgan fingerprint density at radius 1 is 1.05 bits per heavy atom. The summed E-state index contributed by atoms with van der Waals surface area (Å²) in [6.07, 6.45) is 0.796. The standard InChI is InChI=1S/C18H18F2N2/c1-12-16(17-10-15(20)5-6-18(17)22-12)7-8-21-11-13-3-2-4-14(19)9-13/h2-6,9-10,21-22H,7-8,11H2,1H3. The summed E-state index contributed by atoms with van der Waals surface area (Å²) in [5.74, 6) is -0.442. The van der Waals surface area contributed by atoms with E-state index in [0.717, 1.165) is 40.7 Å². The molecule has 0 aliphatic heterocycles. The van der Waals surface area contributed by atoms with Crippen LogP contribution in [0, 0.1) is 18.6 Å². The lowest BCUT2D eigenvalue weighted by Gasteiger charge is -2.06. The van der Waals surface area contributed by atoms with Crippen molar-refractivity contribution >= 4 is 10.9 Å². The fourth-order valence-electron chi connectivity index (χ4n) is 2.77. The summed E-state index contributed by atoms with van der Waals surface area (Å²) in [5, 5.41) is 4.23. The lowest BCUT2D eigenvalue weighted by atomic mass is 10.1. The highest BCUT2D eigenvalue weighted by Gasteiger charge is 2.08. The van der Waals surface area contributed by atoms with E-state index in [-0.39, 0.29) is 11.6 Å². The van der Waals surface area contributed by atoms with Crippen molar-refractivity contribution in [3.63, 3.8) is 0 Å². The molecule has 114 valence electrons. The van der Waals surface area contributed by atoms with Crippen LogP contribution in [0.1, 0.15) is 16.8 Å². The molecule has 0 aliphatic rings. The van der Waals surface area contributed by atoms with E-state index in [2.05, 4.69) is 10.3 Å². The molecule has 0 fully saturated rings. The van der Waals surface area contributed by atoms with Crippen molar-refractivity contribution in [1.82, 2.24) is 10.3 Å². The first-order chi connectivity index (χ1) is 10.6. The second-order valence-electron chi connectivity index (χ2n) is 5.48. The van der Waals surface area contributed by atoms with E-state index >= 15 is 0 Å². The van der Waals surface area contributed by atoms with Crippen LogP contribution in [0.2, 0.25) is 0 Å². The van der Waals surface area contributed by atoms with Gasteiger partial charge in [-0.1, -0.05) is 12.1 Å². The molecule has 0 unspecified atom stereocenters. The first-order valence-corrected chi connectivity index (χ1v) is 7.35. The fourth-order valence-corrected chi connectivity index (χ4v) is 2.77. The molecule has 4 heteroatoms. The summed E-state index contributed by atoms with van der Waals surface area (Å²) >= 11 is 0. The lowest BCUT2D eigenvalue weighted by molar-refractivity contribution is 0.620. The molecule has 0 atom stereocenters. The highest BCUT2D eigenvalue weighted by atomic mass is 19.1. The van der Waals surface area contributed by atoms with Crippen LogP contribution in [0.3, 0.4) is 0 Å². The van der Waals surface area contributed by atoms with Gasteiger partial charge in [-0.2, -0.15) is 0 Å². The van der Waals surface area contributed by atoms with Gasteiger partial charge in [0.1, 0.15) is 11.6 Å². The second-order valence-corrected chi connectivity index (χ2v) is 5.48. The zero-order valence-electron chi connectivity index (χ0n) is 12.4. The molecule has 0 bridgehead atoms. The molecule has 3 aromatic rings. The van der Waals surface area contributed by atoms with Crippen LogP contribution in [0.15, 0.2) is 42.5 Å². The van der Waals surface area contributed by atoms with E-state index in [0.29, 0.717) is 6.54 Å². The average molecular weight is 300 g/mol. The summed E-state index contributed by atoms with van der Waals surface area (Å²) in [4.78, 5) is 3.28. The van der Waals surface area contributed by atoms with Gasteiger partial charge in [-0.15, -0.1) is 0 Å². The first kappa shape index (κ1) is 14.7. The van der Waals surface area contributed by atoms with Gasteiger partial charge >= 0.3 is 0 Å². The lowest BCUT2D eigenvalue weighted by Crippen LogP contribution is -2.17. The Morgan fingerprint density at radius 2 is 1.86 bits per heavy atom. The molecule has 0 amide bonds. The molecule has 0 spiro atoms. The van der Waals surface area contributed by atoms with Crippen molar-refractivity contribution in [3.8, 4) is 0 Å². The number of aromatic amines is 1. The molecular formula is C18H18F2N2. The molecule has 0 saturated carbocycles. The molecule has 0 aliphatic carbocycles. The molecule has 2 aromatic carbocycles. The quantitative estimate of drug-likeness (QED) is 0.683. The number of nitrogens with one attached hydrogen (secondary N) is 2. The molecule has 2 N–H and O–H groups in total. The minimum Gasteiger partial charge on any atom is -0.358 e. The summed E-state index contributed by atoms with van der Waals surface area (Å²) in [5.41, 5.74) is 4.06. The second kappa shape index (κ2) is 6.28. The van der Waals surface area contributed by atoms with Gasteiger partial charge in [0.25, 0.3) is 0 Å². The average Bonchev–Trinajstić information content (AvgIpc) is 2.79. The summed E-state index contributed by atoms with van der Waals surface area (Å²) < 4.78 is 26.5. The largest absolute Gasteiger partial charge is 0.358 e. The highest BCUT2D eigenvalue weighted by molar-refractivity contribution is 5.84. The molecule has 2 nitrogen and oxygen atoms in total. The van der Waals surface area contributed by atoms with Crippen molar-refractivity contribution < 1.29 is 8.78 Å². The fraction of sp³-hybridized carbons (Fsp3) is 0.222. The Balaban J connectivity index is 1.64. The molecular weight excluding hydrogens is 282 g/mol. The van der Waals surface area contributed by atoms with Gasteiger partial charge in [-0.25, -0.2) is 8.78 Å². The van der Waals surface area contributed by atoms with E-state index in [4.69, 9.17) is 0 Å². The predicted octanol–water partition coefficient (Wildman–Crippen LogP) is 4.09. The minimum atomic E-state index is -0.222. The minimum absolute atomic E-state index is 0.220. The number of aromatic nitrogens is 1. The maximum Gasteiger partial charge on any atom is 0.123 e. The van der Waals surface area contributed by atoms with Crippen LogP contribution in [0.4, 0.5) is 8.78 Å². The van der Waals surface area contributed by atoms with Crippen LogP contribution in [-0.4, -0.2) is 11.5 Å². The van der Waals surface area contributed by atoms with Gasteiger partial charge in [0.05, 0.1) is 0 Å². The monoisotopic (exact) mass is 300 g/mol. The summed E-state index contributed by atoms with van der Waals surface area (Å²) in [6.45, 7) is 3.37. The van der Waals surface area contributed by atoms with Crippen LogP contribution in [0.25, 0.3) is 10.9 Å². The SMILES string of the molecule is Cc1[nH]c2ccc(F)cc2c1CCNCc1cccc(F)c1. The maximum absolute atomic E-state index is 13.4. The zero-order chi connectivity index (χ0) is 15.5. The van der Waals surface area contributed by atoms with E-state index in [1.54, 1.807) is 18.2 Å². The van der Waals surface area contributed by atoms with Crippen LogP contribution >= 0.6 is 0 Å². The third-order valence-corrected chi connectivity index (χ3v) is 3.85. The van der Waals surface area contributed by atoms with Crippen LogP contribution < -0.4 is 5.32 Å². The van der Waals surface area contributed by atoms with Gasteiger partial charge in [0.2, 0.25) is 0 Å². The number of hydrogen-bond donors (Lipinski definition) is 2. The summed E-state index contributed by atoms with van der Waals surface area (Å²) in [6, 6.07) is 11.4. The van der Waals surface area contributed by atoms with E-state index in [1.165, 1.54) is 18.2 Å². The number of hydrogen-bond acceptors (Lipinski definition) is 1. The molecule has 1 heterocycles. The third-order valence-electron chi connectivity index (χ3n) is 3.85. The van der Waals surface area contributed by atoms with Crippen molar-refractivity contribution in [2.24, 2.45) is 0 Å². The highest BCUT2D eigenvalue weighted by Crippen LogP contribution is 2.23. The Morgan fingerprint density at radius 3 is 2.68 bits per heavy atom. The Labute approximate surface area is 128 Å². The topological polar surface area (TPSA) is 27.8 Å². The number of halogens is 2. The molecule has 0 radical (unpaired) electrons. The Hall–Kier alpha value is -2.20. The molecule has 3 rings (SSSR count). The number of rotatable bonds is 5. The number of H-pyrrole nitrogens is 1. The zero-order valence-corrected chi connectivity index (χ0v) is 12.4. The number of aryl methyl sites for hydroxylation is 1.